The van der Waals surface area contributed by atoms with Crippen LogP contribution in [0.1, 0.15) is 18.4 Å². The Labute approximate surface area is 182 Å². The Bertz CT molecular complexity index is 866. The lowest BCUT2D eigenvalue weighted by atomic mass is 9.76. The lowest BCUT2D eigenvalue weighted by Crippen LogP contribution is -2.53. The highest BCUT2D eigenvalue weighted by atomic mass is 79.9. The van der Waals surface area contributed by atoms with E-state index in [-0.39, 0.29) is 23.8 Å². The van der Waals surface area contributed by atoms with Crippen molar-refractivity contribution in [3.8, 4) is 0 Å². The van der Waals surface area contributed by atoms with Gasteiger partial charge in [-0.25, -0.2) is 0 Å². The summed E-state index contributed by atoms with van der Waals surface area (Å²) in [6.45, 7) is 0.790. The Morgan fingerprint density at radius 3 is 2.79 bits per heavy atom. The van der Waals surface area contributed by atoms with E-state index in [0.29, 0.717) is 31.7 Å². The van der Waals surface area contributed by atoms with Crippen molar-refractivity contribution in [2.45, 2.75) is 24.4 Å². The lowest BCUT2D eigenvalue weighted by molar-refractivity contribution is -0.143. The first-order valence-corrected chi connectivity index (χ1v) is 11.9. The zero-order valence-electron chi connectivity index (χ0n) is 16.4. The van der Waals surface area contributed by atoms with E-state index in [1.807, 2.05) is 24.5 Å². The monoisotopic (exact) mass is 481 g/mol. The van der Waals surface area contributed by atoms with Gasteiger partial charge in [0.25, 0.3) is 0 Å². The third kappa shape index (κ3) is 3.13. The minimum absolute atomic E-state index is 0.178. The van der Waals surface area contributed by atoms with Crippen LogP contribution in [0.15, 0.2) is 22.7 Å². The number of imide groups is 1. The first kappa shape index (κ1) is 20.8. The molecule has 29 heavy (non-hydrogen) atoms. The second-order valence-electron chi connectivity index (χ2n) is 7.66. The summed E-state index contributed by atoms with van der Waals surface area (Å²) in [5.41, 5.74) is 0.210. The third-order valence-electron chi connectivity index (χ3n) is 6.13. The van der Waals surface area contributed by atoms with Gasteiger partial charge in [-0.3, -0.25) is 24.6 Å². The number of methoxy groups -OCH3 is 1. The smallest absolute Gasteiger partial charge is 0.250 e. The molecule has 1 aromatic carbocycles. The van der Waals surface area contributed by atoms with Gasteiger partial charge in [-0.1, -0.05) is 15.9 Å². The average molecular weight is 482 g/mol. The number of carbonyl (C=O) groups excluding carboxylic acids is 3. The summed E-state index contributed by atoms with van der Waals surface area (Å²) >= 11 is 5.17. The number of carbonyl (C=O) groups is 3. The maximum atomic E-state index is 13.4. The topological polar surface area (TPSA) is 87.7 Å². The number of hydrogen-bond donors (Lipinski definition) is 2. The zero-order valence-corrected chi connectivity index (χ0v) is 18.8. The molecule has 156 valence electrons. The molecule has 3 heterocycles. The van der Waals surface area contributed by atoms with Crippen molar-refractivity contribution in [3.63, 3.8) is 0 Å². The summed E-state index contributed by atoms with van der Waals surface area (Å²) in [6.07, 6.45) is 3.30. The van der Waals surface area contributed by atoms with E-state index in [4.69, 9.17) is 4.74 Å². The van der Waals surface area contributed by atoms with E-state index in [1.165, 1.54) is 4.90 Å². The minimum Gasteiger partial charge on any atom is -0.385 e. The van der Waals surface area contributed by atoms with Crippen LogP contribution in [0.25, 0.3) is 0 Å². The SMILES string of the molecule is COCCCN1C(=O)[C@H]2[C@@H](C1=O)[C@@]1(N[C@@H]2CCSC)C(=O)Nc2ccc(Br)cc21. The lowest BCUT2D eigenvalue weighted by Gasteiger charge is -2.29. The molecule has 0 unspecified atom stereocenters. The van der Waals surface area contributed by atoms with E-state index in [9.17, 15) is 14.4 Å². The molecule has 2 saturated heterocycles. The highest BCUT2D eigenvalue weighted by molar-refractivity contribution is 9.10. The maximum Gasteiger partial charge on any atom is 0.250 e. The van der Waals surface area contributed by atoms with Crippen molar-refractivity contribution in [1.82, 2.24) is 10.2 Å². The van der Waals surface area contributed by atoms with Crippen LogP contribution in [0, 0.1) is 11.8 Å². The van der Waals surface area contributed by atoms with Crippen LogP contribution in [-0.4, -0.2) is 60.9 Å². The number of amides is 3. The largest absolute Gasteiger partial charge is 0.385 e. The van der Waals surface area contributed by atoms with Gasteiger partial charge in [-0.15, -0.1) is 0 Å². The van der Waals surface area contributed by atoms with Gasteiger partial charge < -0.3 is 10.1 Å². The van der Waals surface area contributed by atoms with Gasteiger partial charge in [-0.2, -0.15) is 11.8 Å². The summed E-state index contributed by atoms with van der Waals surface area (Å²) in [6, 6.07) is 5.33. The quantitative estimate of drug-likeness (QED) is 0.457. The average Bonchev–Trinajstić information content (AvgIpc) is 3.27. The second kappa shape index (κ2) is 8.02. The fraction of sp³-hybridized carbons (Fsp3) is 0.550. The van der Waals surface area contributed by atoms with Crippen LogP contribution in [-0.2, 0) is 24.7 Å². The number of nitrogens with zero attached hydrogens (tertiary/aromatic N) is 1. The van der Waals surface area contributed by atoms with Gasteiger partial charge in [0.05, 0.1) is 11.8 Å². The van der Waals surface area contributed by atoms with Crippen LogP contribution in [0.4, 0.5) is 5.69 Å². The molecule has 1 spiro atoms. The number of halogens is 1. The summed E-state index contributed by atoms with van der Waals surface area (Å²) in [7, 11) is 1.59. The number of thioether (sulfide) groups is 1. The predicted molar refractivity (Wildman–Crippen MR) is 115 cm³/mol. The number of nitrogens with one attached hydrogen (secondary N) is 2. The Morgan fingerprint density at radius 2 is 2.07 bits per heavy atom. The number of likely N-dealkylation sites (tertiary alicyclic amines) is 1. The van der Waals surface area contributed by atoms with Crippen LogP contribution < -0.4 is 10.6 Å². The number of hydrogen-bond acceptors (Lipinski definition) is 6. The Morgan fingerprint density at radius 1 is 1.28 bits per heavy atom. The normalized spacial score (nSPS) is 30.2. The van der Waals surface area contributed by atoms with Crippen LogP contribution in [0.3, 0.4) is 0 Å². The summed E-state index contributed by atoms with van der Waals surface area (Å²) in [5.74, 6) is -1.13. The molecule has 3 aliphatic heterocycles. The molecule has 2 N–H and O–H groups in total. The van der Waals surface area contributed by atoms with E-state index in [0.717, 1.165) is 15.8 Å². The van der Waals surface area contributed by atoms with Crippen LogP contribution in [0.2, 0.25) is 0 Å². The minimum atomic E-state index is -1.21. The van der Waals surface area contributed by atoms with E-state index < -0.39 is 17.4 Å². The second-order valence-corrected chi connectivity index (χ2v) is 9.56. The number of ether oxygens (including phenoxy) is 1. The number of benzene rings is 1. The number of anilines is 1. The molecule has 4 rings (SSSR count). The summed E-state index contributed by atoms with van der Waals surface area (Å²) in [4.78, 5) is 41.3. The first-order chi connectivity index (χ1) is 14.0. The van der Waals surface area contributed by atoms with E-state index >= 15 is 0 Å². The predicted octanol–water partition coefficient (Wildman–Crippen LogP) is 1.96. The van der Waals surface area contributed by atoms with Gasteiger partial charge in [0.1, 0.15) is 5.54 Å². The van der Waals surface area contributed by atoms with Crippen molar-refractivity contribution in [3.05, 3.63) is 28.2 Å². The fourth-order valence-electron chi connectivity index (χ4n) is 4.91. The fourth-order valence-corrected chi connectivity index (χ4v) is 5.77. The van der Waals surface area contributed by atoms with Crippen molar-refractivity contribution >= 4 is 51.1 Å². The molecular formula is C20H24BrN3O4S. The number of rotatable bonds is 7. The van der Waals surface area contributed by atoms with Crippen molar-refractivity contribution in [1.29, 1.82) is 0 Å². The standard InChI is InChI=1S/C20H24BrN3O4S/c1-28-8-3-7-24-17(25)15-14(6-9-29-2)23-20(16(15)18(24)26)12-10-11(21)4-5-13(12)22-19(20)27/h4-5,10,14-16,23H,3,6-9H2,1-2H3,(H,22,27)/t14-,15-,16+,20-/m1/s1. The summed E-state index contributed by atoms with van der Waals surface area (Å²) < 4.78 is 5.90. The van der Waals surface area contributed by atoms with E-state index in [1.54, 1.807) is 18.9 Å². The Balaban J connectivity index is 1.77. The van der Waals surface area contributed by atoms with Gasteiger partial charge >= 0.3 is 0 Å². The van der Waals surface area contributed by atoms with Gasteiger partial charge in [-0.05, 0) is 43.0 Å². The number of fused-ring (bicyclic) bond motifs is 4. The molecule has 3 amide bonds. The molecule has 4 atom stereocenters. The van der Waals surface area contributed by atoms with Crippen LogP contribution >= 0.6 is 27.7 Å². The van der Waals surface area contributed by atoms with Crippen molar-refractivity contribution < 1.29 is 19.1 Å². The molecular weight excluding hydrogens is 458 g/mol. The van der Waals surface area contributed by atoms with E-state index in [2.05, 4.69) is 26.6 Å². The molecule has 0 bridgehead atoms. The Hall–Kier alpha value is -1.42. The molecule has 9 heteroatoms. The Kier molecular flexibility index (Phi) is 5.76. The highest BCUT2D eigenvalue weighted by Gasteiger charge is 2.70. The third-order valence-corrected chi connectivity index (χ3v) is 7.27. The van der Waals surface area contributed by atoms with Crippen LogP contribution in [0.5, 0.6) is 0 Å². The molecule has 0 aliphatic carbocycles. The molecule has 7 nitrogen and oxygen atoms in total. The highest BCUT2D eigenvalue weighted by Crippen LogP contribution is 2.53. The van der Waals surface area contributed by atoms with Crippen molar-refractivity contribution in [2.75, 3.05) is 37.6 Å². The zero-order chi connectivity index (χ0) is 20.8. The molecule has 0 aromatic heterocycles. The van der Waals surface area contributed by atoms with Gasteiger partial charge in [0, 0.05) is 42.0 Å². The van der Waals surface area contributed by atoms with Gasteiger partial charge in [0.2, 0.25) is 17.7 Å². The maximum absolute atomic E-state index is 13.4. The first-order valence-electron chi connectivity index (χ1n) is 9.68. The molecule has 1 aromatic rings. The summed E-state index contributed by atoms with van der Waals surface area (Å²) in [5, 5.41) is 6.37. The molecule has 3 aliphatic rings. The molecule has 2 fully saturated rings. The van der Waals surface area contributed by atoms with Crippen molar-refractivity contribution in [2.24, 2.45) is 11.8 Å². The van der Waals surface area contributed by atoms with Gasteiger partial charge in [0.15, 0.2) is 0 Å². The molecule has 0 radical (unpaired) electrons. The molecule has 0 saturated carbocycles.